The number of rotatable bonds is 9. The highest BCUT2D eigenvalue weighted by atomic mass is 16.5. The van der Waals surface area contributed by atoms with Crippen molar-refractivity contribution in [2.45, 2.75) is 52.0 Å². The van der Waals surface area contributed by atoms with E-state index < -0.39 is 0 Å². The van der Waals surface area contributed by atoms with Gasteiger partial charge >= 0.3 is 0 Å². The van der Waals surface area contributed by atoms with E-state index in [-0.39, 0.29) is 11.9 Å². The van der Waals surface area contributed by atoms with E-state index in [2.05, 4.69) is 11.4 Å². The monoisotopic (exact) mass is 292 g/mol. The first-order valence-electron chi connectivity index (χ1n) is 7.72. The second kappa shape index (κ2) is 9.40. The lowest BCUT2D eigenvalue weighted by molar-refractivity contribution is -0.121. The number of carbonyl (C=O) groups is 1. The van der Waals surface area contributed by atoms with E-state index >= 15 is 0 Å². The van der Waals surface area contributed by atoms with Crippen LogP contribution in [0.1, 0.15) is 56.2 Å². The number of carbonyl (C=O) groups excluding carboxylic acids is 1. The quantitative estimate of drug-likeness (QED) is 0.687. The van der Waals surface area contributed by atoms with Gasteiger partial charge < -0.3 is 15.8 Å². The lowest BCUT2D eigenvalue weighted by Crippen LogP contribution is -2.26. The summed E-state index contributed by atoms with van der Waals surface area (Å²) in [6.45, 7) is 4.76. The number of aryl methyl sites for hydroxylation is 1. The van der Waals surface area contributed by atoms with E-state index in [4.69, 9.17) is 10.5 Å². The number of nitrogens with two attached hydrogens (primary N) is 1. The zero-order valence-corrected chi connectivity index (χ0v) is 13.4. The highest BCUT2D eigenvalue weighted by molar-refractivity contribution is 5.76. The Labute approximate surface area is 128 Å². The molecule has 4 heteroatoms. The Morgan fingerprint density at radius 2 is 2.00 bits per heavy atom. The van der Waals surface area contributed by atoms with Gasteiger partial charge in [-0.15, -0.1) is 0 Å². The summed E-state index contributed by atoms with van der Waals surface area (Å²) in [4.78, 5) is 12.0. The molecule has 0 aliphatic heterocycles. The Balaban J connectivity index is 2.47. The molecule has 1 rings (SSSR count). The summed E-state index contributed by atoms with van der Waals surface area (Å²) in [5, 5.41) is 3.05. The second-order valence-electron chi connectivity index (χ2n) is 5.49. The Morgan fingerprint density at radius 3 is 2.67 bits per heavy atom. The van der Waals surface area contributed by atoms with Crippen molar-refractivity contribution in [2.75, 3.05) is 13.7 Å². The molecule has 3 N–H and O–H groups in total. The molecule has 118 valence electrons. The van der Waals surface area contributed by atoms with Gasteiger partial charge in [0, 0.05) is 12.0 Å². The summed E-state index contributed by atoms with van der Waals surface area (Å²) >= 11 is 0. The number of hydrogen-bond acceptors (Lipinski definition) is 3. The van der Waals surface area contributed by atoms with Gasteiger partial charge in [0.1, 0.15) is 5.75 Å². The molecule has 0 bridgehead atoms. The Hall–Kier alpha value is -1.55. The number of ether oxygens (including phenoxy) is 1. The van der Waals surface area contributed by atoms with Crippen molar-refractivity contribution in [1.82, 2.24) is 5.32 Å². The molecule has 0 radical (unpaired) electrons. The molecule has 0 spiro atoms. The van der Waals surface area contributed by atoms with Crippen LogP contribution in [-0.2, 0) is 4.79 Å². The Bertz CT molecular complexity index is 446. The van der Waals surface area contributed by atoms with Gasteiger partial charge in [-0.1, -0.05) is 30.5 Å². The minimum atomic E-state index is -0.0450. The average Bonchev–Trinajstić information content (AvgIpc) is 2.47. The average molecular weight is 292 g/mol. The van der Waals surface area contributed by atoms with Crippen LogP contribution in [0.5, 0.6) is 5.75 Å². The predicted octanol–water partition coefficient (Wildman–Crippen LogP) is 3.09. The van der Waals surface area contributed by atoms with Crippen molar-refractivity contribution in [3.05, 3.63) is 29.3 Å². The summed E-state index contributed by atoms with van der Waals surface area (Å²) in [7, 11) is 1.65. The van der Waals surface area contributed by atoms with Crippen LogP contribution >= 0.6 is 0 Å². The molecule has 0 saturated carbocycles. The van der Waals surface area contributed by atoms with Crippen LogP contribution in [0.4, 0.5) is 0 Å². The first-order valence-corrected chi connectivity index (χ1v) is 7.72. The normalized spacial score (nSPS) is 12.0. The molecule has 0 aromatic heterocycles. The zero-order valence-electron chi connectivity index (χ0n) is 13.4. The molecule has 1 aromatic rings. The van der Waals surface area contributed by atoms with Gasteiger partial charge in [-0.2, -0.15) is 0 Å². The molecule has 1 atom stereocenters. The van der Waals surface area contributed by atoms with Crippen LogP contribution in [0.3, 0.4) is 0 Å². The van der Waals surface area contributed by atoms with Crippen molar-refractivity contribution in [3.63, 3.8) is 0 Å². The fourth-order valence-corrected chi connectivity index (χ4v) is 2.37. The molecule has 0 heterocycles. The fourth-order valence-electron chi connectivity index (χ4n) is 2.37. The number of methoxy groups -OCH3 is 1. The van der Waals surface area contributed by atoms with Gasteiger partial charge in [0.25, 0.3) is 0 Å². The number of amides is 1. The molecule has 1 aromatic carbocycles. The molecule has 21 heavy (non-hydrogen) atoms. The van der Waals surface area contributed by atoms with Crippen LogP contribution in [0.25, 0.3) is 0 Å². The van der Waals surface area contributed by atoms with E-state index in [1.807, 2.05) is 26.0 Å². The second-order valence-corrected chi connectivity index (χ2v) is 5.49. The van der Waals surface area contributed by atoms with Crippen LogP contribution < -0.4 is 15.8 Å². The minimum absolute atomic E-state index is 0.0450. The van der Waals surface area contributed by atoms with Crippen LogP contribution in [0.15, 0.2) is 18.2 Å². The maximum Gasteiger partial charge on any atom is 0.220 e. The summed E-state index contributed by atoms with van der Waals surface area (Å²) in [5.41, 5.74) is 7.63. The van der Waals surface area contributed by atoms with Crippen molar-refractivity contribution >= 4 is 5.91 Å². The Kier molecular flexibility index (Phi) is 7.83. The third kappa shape index (κ3) is 6.17. The number of hydrogen-bond donors (Lipinski definition) is 2. The molecule has 1 amide bonds. The zero-order chi connectivity index (χ0) is 15.7. The van der Waals surface area contributed by atoms with Gasteiger partial charge in [-0.05, 0) is 39.3 Å². The molecule has 0 fully saturated rings. The number of nitrogens with one attached hydrogen (secondary N) is 1. The first-order chi connectivity index (χ1) is 10.1. The topological polar surface area (TPSA) is 64.3 Å². The van der Waals surface area contributed by atoms with E-state index in [9.17, 15) is 4.79 Å². The van der Waals surface area contributed by atoms with Crippen molar-refractivity contribution in [3.8, 4) is 5.75 Å². The summed E-state index contributed by atoms with van der Waals surface area (Å²) in [6.07, 6.45) is 4.70. The van der Waals surface area contributed by atoms with Gasteiger partial charge in [0.05, 0.1) is 13.2 Å². The standard InChI is InChI=1S/C17H28N2O2/c1-13-9-10-16(21-3)15(12-13)14(2)19-17(20)8-6-4-5-7-11-18/h9-10,12,14H,4-8,11,18H2,1-3H3,(H,19,20). The lowest BCUT2D eigenvalue weighted by Gasteiger charge is -2.18. The van der Waals surface area contributed by atoms with Gasteiger partial charge in [0.2, 0.25) is 5.91 Å². The van der Waals surface area contributed by atoms with Crippen LogP contribution in [-0.4, -0.2) is 19.6 Å². The maximum absolute atomic E-state index is 12.0. The summed E-state index contributed by atoms with van der Waals surface area (Å²) in [6, 6.07) is 5.97. The lowest BCUT2D eigenvalue weighted by atomic mass is 10.0. The number of benzene rings is 1. The van der Waals surface area contributed by atoms with E-state index in [1.54, 1.807) is 7.11 Å². The van der Waals surface area contributed by atoms with Gasteiger partial charge in [0.15, 0.2) is 0 Å². The van der Waals surface area contributed by atoms with Gasteiger partial charge in [-0.25, -0.2) is 0 Å². The van der Waals surface area contributed by atoms with E-state index in [0.717, 1.165) is 49.1 Å². The predicted molar refractivity (Wildman–Crippen MR) is 86.4 cm³/mol. The van der Waals surface area contributed by atoms with Crippen LogP contribution in [0, 0.1) is 6.92 Å². The summed E-state index contributed by atoms with van der Waals surface area (Å²) in [5.74, 6) is 0.912. The summed E-state index contributed by atoms with van der Waals surface area (Å²) < 4.78 is 5.37. The largest absolute Gasteiger partial charge is 0.496 e. The minimum Gasteiger partial charge on any atom is -0.496 e. The molecule has 4 nitrogen and oxygen atoms in total. The molecular formula is C17H28N2O2. The maximum atomic E-state index is 12.0. The SMILES string of the molecule is COc1ccc(C)cc1C(C)NC(=O)CCCCCCN. The molecule has 0 aliphatic carbocycles. The van der Waals surface area contributed by atoms with Crippen molar-refractivity contribution in [1.29, 1.82) is 0 Å². The third-order valence-electron chi connectivity index (χ3n) is 3.59. The fraction of sp³-hybridized carbons (Fsp3) is 0.588. The van der Waals surface area contributed by atoms with Gasteiger partial charge in [-0.3, -0.25) is 4.79 Å². The highest BCUT2D eigenvalue weighted by Crippen LogP contribution is 2.26. The van der Waals surface area contributed by atoms with Crippen molar-refractivity contribution < 1.29 is 9.53 Å². The Morgan fingerprint density at radius 1 is 1.29 bits per heavy atom. The third-order valence-corrected chi connectivity index (χ3v) is 3.59. The molecular weight excluding hydrogens is 264 g/mol. The van der Waals surface area contributed by atoms with E-state index in [0.29, 0.717) is 6.42 Å². The van der Waals surface area contributed by atoms with E-state index in [1.165, 1.54) is 0 Å². The van der Waals surface area contributed by atoms with Crippen LogP contribution in [0.2, 0.25) is 0 Å². The molecule has 0 saturated heterocycles. The molecule has 0 aliphatic rings. The first kappa shape index (κ1) is 17.5. The van der Waals surface area contributed by atoms with Crippen molar-refractivity contribution in [2.24, 2.45) is 5.73 Å². The highest BCUT2D eigenvalue weighted by Gasteiger charge is 2.14. The number of unbranched alkanes of at least 4 members (excludes halogenated alkanes) is 3. The molecule has 1 unspecified atom stereocenters. The smallest absolute Gasteiger partial charge is 0.220 e.